The van der Waals surface area contributed by atoms with Gasteiger partial charge >= 0.3 is 0 Å². The molecule has 2 aliphatic rings. The van der Waals surface area contributed by atoms with Gasteiger partial charge < -0.3 is 10.6 Å². The molecule has 4 rings (SSSR count). The summed E-state index contributed by atoms with van der Waals surface area (Å²) in [5.41, 5.74) is 5.82. The molecule has 164 valence electrons. The largest absolute Gasteiger partial charge is 0.364 e. The number of primary amides is 1. The first kappa shape index (κ1) is 21.3. The van der Waals surface area contributed by atoms with Crippen molar-refractivity contribution in [2.45, 2.75) is 25.1 Å². The third-order valence-corrected chi connectivity index (χ3v) is 5.58. The van der Waals surface area contributed by atoms with Crippen molar-refractivity contribution in [3.8, 4) is 6.07 Å². The Balaban J connectivity index is 1.49. The standard InChI is InChI=1S/C21H19F2N7O2/c22-14-6-12(9-24)5-13(7-14)18-1-3-28-30(18)21(32)15-2-4-29(10-16(15)23)19-8-17(20(25)31)26-11-27-19/h3,5-8,11,15-16,18H,1-2,4,10H2,(H2,25,31)/t15-,16+,18-/m1/s1. The van der Waals surface area contributed by atoms with E-state index in [4.69, 9.17) is 11.0 Å². The minimum absolute atomic E-state index is 0.0182. The zero-order chi connectivity index (χ0) is 22.8. The summed E-state index contributed by atoms with van der Waals surface area (Å²) >= 11 is 0. The van der Waals surface area contributed by atoms with Crippen LogP contribution in [0, 0.1) is 23.1 Å². The maximum absolute atomic E-state index is 15.1. The molecule has 2 aromatic rings. The number of hydrogen-bond donors (Lipinski definition) is 1. The minimum Gasteiger partial charge on any atom is -0.364 e. The van der Waals surface area contributed by atoms with Gasteiger partial charge in [0.2, 0.25) is 5.91 Å². The molecule has 3 atom stereocenters. The second-order valence-corrected chi connectivity index (χ2v) is 7.60. The molecule has 2 aliphatic heterocycles. The number of halogens is 2. The number of nitrogens with zero attached hydrogens (tertiary/aromatic N) is 6. The van der Waals surface area contributed by atoms with E-state index in [0.29, 0.717) is 24.3 Å². The maximum atomic E-state index is 15.1. The van der Waals surface area contributed by atoms with Crippen LogP contribution in [-0.2, 0) is 4.79 Å². The van der Waals surface area contributed by atoms with Crippen molar-refractivity contribution in [2.24, 2.45) is 16.8 Å². The Kier molecular flexibility index (Phi) is 5.77. The number of carbonyl (C=O) groups is 2. The summed E-state index contributed by atoms with van der Waals surface area (Å²) in [5.74, 6) is -2.40. The van der Waals surface area contributed by atoms with Crippen LogP contribution in [0.1, 0.15) is 40.5 Å². The number of rotatable bonds is 4. The minimum atomic E-state index is -1.51. The van der Waals surface area contributed by atoms with E-state index in [2.05, 4.69) is 15.1 Å². The van der Waals surface area contributed by atoms with Crippen LogP contribution in [0.4, 0.5) is 14.6 Å². The topological polar surface area (TPSA) is 129 Å². The second kappa shape index (κ2) is 8.66. The number of hydrogen-bond acceptors (Lipinski definition) is 7. The van der Waals surface area contributed by atoms with Crippen molar-refractivity contribution in [1.29, 1.82) is 5.26 Å². The Bertz CT molecular complexity index is 1130. The number of carbonyl (C=O) groups excluding carboxylic acids is 2. The van der Waals surface area contributed by atoms with Crippen molar-refractivity contribution in [3.63, 3.8) is 0 Å². The molecule has 9 nitrogen and oxygen atoms in total. The quantitative estimate of drug-likeness (QED) is 0.772. The van der Waals surface area contributed by atoms with Gasteiger partial charge in [-0.3, -0.25) is 9.59 Å². The lowest BCUT2D eigenvalue weighted by Gasteiger charge is -2.36. The van der Waals surface area contributed by atoms with Gasteiger partial charge in [0.1, 0.15) is 29.8 Å². The van der Waals surface area contributed by atoms with Crippen LogP contribution in [-0.4, -0.2) is 52.3 Å². The van der Waals surface area contributed by atoms with Crippen molar-refractivity contribution in [2.75, 3.05) is 18.0 Å². The lowest BCUT2D eigenvalue weighted by atomic mass is 9.92. The summed E-state index contributed by atoms with van der Waals surface area (Å²) in [6.45, 7) is 0.221. The molecule has 0 spiro atoms. The van der Waals surface area contributed by atoms with Gasteiger partial charge in [-0.2, -0.15) is 10.4 Å². The molecule has 1 aromatic heterocycles. The SMILES string of the molecule is N#Cc1cc(F)cc([C@H]2CC=NN2C(=O)[C@@H]2CCN(c3cc(C(N)=O)ncn3)C[C@@H]2F)c1. The zero-order valence-electron chi connectivity index (χ0n) is 16.9. The number of nitrogens with two attached hydrogens (primary N) is 1. The first-order valence-electron chi connectivity index (χ1n) is 9.94. The van der Waals surface area contributed by atoms with Crippen LogP contribution in [0.25, 0.3) is 0 Å². The zero-order valence-corrected chi connectivity index (χ0v) is 16.9. The fourth-order valence-corrected chi connectivity index (χ4v) is 3.99. The summed E-state index contributed by atoms with van der Waals surface area (Å²) in [6, 6.07) is 6.53. The first-order chi connectivity index (χ1) is 15.4. The average Bonchev–Trinajstić information content (AvgIpc) is 3.28. The van der Waals surface area contributed by atoms with Gasteiger partial charge in [0, 0.05) is 25.2 Å². The molecule has 3 heterocycles. The van der Waals surface area contributed by atoms with Gasteiger partial charge in [0.05, 0.1) is 30.1 Å². The monoisotopic (exact) mass is 439 g/mol. The van der Waals surface area contributed by atoms with E-state index in [-0.39, 0.29) is 24.2 Å². The Morgan fingerprint density at radius 3 is 2.75 bits per heavy atom. The third kappa shape index (κ3) is 4.12. The molecule has 2 amide bonds. The van der Waals surface area contributed by atoms with E-state index < -0.39 is 35.8 Å². The second-order valence-electron chi connectivity index (χ2n) is 7.60. The van der Waals surface area contributed by atoms with E-state index >= 15 is 4.39 Å². The summed E-state index contributed by atoms with van der Waals surface area (Å²) in [4.78, 5) is 33.9. The van der Waals surface area contributed by atoms with Gasteiger partial charge in [0.15, 0.2) is 0 Å². The number of amides is 2. The average molecular weight is 439 g/mol. The molecule has 0 bridgehead atoms. The number of aromatic nitrogens is 2. The highest BCUT2D eigenvalue weighted by atomic mass is 19.1. The van der Waals surface area contributed by atoms with Crippen LogP contribution < -0.4 is 10.6 Å². The van der Waals surface area contributed by atoms with Crippen LogP contribution in [0.3, 0.4) is 0 Å². The molecule has 32 heavy (non-hydrogen) atoms. The molecule has 0 radical (unpaired) electrons. The van der Waals surface area contributed by atoms with E-state index in [1.807, 2.05) is 6.07 Å². The first-order valence-corrected chi connectivity index (χ1v) is 9.94. The Labute approximate surface area is 182 Å². The summed E-state index contributed by atoms with van der Waals surface area (Å²) < 4.78 is 29.0. The predicted molar refractivity (Wildman–Crippen MR) is 110 cm³/mol. The molecule has 0 unspecified atom stereocenters. The number of nitriles is 1. The van der Waals surface area contributed by atoms with E-state index in [0.717, 1.165) is 6.07 Å². The molecule has 1 aromatic carbocycles. The molecular formula is C21H19F2N7O2. The fraction of sp³-hybridized carbons (Fsp3) is 0.333. The van der Waals surface area contributed by atoms with E-state index in [1.54, 1.807) is 4.90 Å². The molecule has 2 N–H and O–H groups in total. The summed E-state index contributed by atoms with van der Waals surface area (Å²) in [5, 5.41) is 14.4. The number of hydrazone groups is 1. The van der Waals surface area contributed by atoms with Gasteiger partial charge in [-0.05, 0) is 30.2 Å². The van der Waals surface area contributed by atoms with Crippen LogP contribution in [0.2, 0.25) is 0 Å². The van der Waals surface area contributed by atoms with Crippen molar-refractivity contribution >= 4 is 23.8 Å². The van der Waals surface area contributed by atoms with Crippen LogP contribution >= 0.6 is 0 Å². The van der Waals surface area contributed by atoms with Gasteiger partial charge in [-0.1, -0.05) is 0 Å². The number of benzene rings is 1. The third-order valence-electron chi connectivity index (χ3n) is 5.58. The number of anilines is 1. The molecule has 11 heteroatoms. The normalized spacial score (nSPS) is 22.6. The Hall–Kier alpha value is -3.94. The van der Waals surface area contributed by atoms with Crippen LogP contribution in [0.5, 0.6) is 0 Å². The van der Waals surface area contributed by atoms with Gasteiger partial charge in [-0.25, -0.2) is 23.8 Å². The Morgan fingerprint density at radius 2 is 2.03 bits per heavy atom. The highest BCUT2D eigenvalue weighted by Gasteiger charge is 2.40. The number of alkyl halides is 1. The molecule has 1 saturated heterocycles. The van der Waals surface area contributed by atoms with Gasteiger partial charge in [0.25, 0.3) is 5.91 Å². The molecule has 1 fully saturated rings. The smallest absolute Gasteiger partial charge is 0.267 e. The summed E-state index contributed by atoms with van der Waals surface area (Å²) in [7, 11) is 0. The van der Waals surface area contributed by atoms with E-state index in [1.165, 1.54) is 35.7 Å². The predicted octanol–water partition coefficient (Wildman–Crippen LogP) is 1.71. The summed E-state index contributed by atoms with van der Waals surface area (Å²) in [6.07, 6.45) is 1.72. The highest BCUT2D eigenvalue weighted by Crippen LogP contribution is 2.34. The molecular weight excluding hydrogens is 420 g/mol. The molecule has 0 aliphatic carbocycles. The lowest BCUT2D eigenvalue weighted by molar-refractivity contribution is -0.140. The number of piperidine rings is 1. The highest BCUT2D eigenvalue weighted by molar-refractivity contribution is 5.91. The van der Waals surface area contributed by atoms with E-state index in [9.17, 15) is 14.0 Å². The lowest BCUT2D eigenvalue weighted by Crippen LogP contribution is -2.48. The molecule has 0 saturated carbocycles. The van der Waals surface area contributed by atoms with Crippen molar-refractivity contribution in [3.05, 3.63) is 53.2 Å². The fourth-order valence-electron chi connectivity index (χ4n) is 3.99. The van der Waals surface area contributed by atoms with Crippen LogP contribution in [0.15, 0.2) is 35.7 Å². The van der Waals surface area contributed by atoms with Crippen molar-refractivity contribution in [1.82, 2.24) is 15.0 Å². The maximum Gasteiger partial charge on any atom is 0.267 e. The van der Waals surface area contributed by atoms with Gasteiger partial charge in [-0.15, -0.1) is 0 Å². The Morgan fingerprint density at radius 1 is 1.22 bits per heavy atom. The van der Waals surface area contributed by atoms with Crippen molar-refractivity contribution < 1.29 is 18.4 Å².